The standard InChI is InChI=1S/C6H16N2.H3N/c7-5-3-1-2-4-6-8;/h1-8H2;1H3. The van der Waals surface area contributed by atoms with Gasteiger partial charge in [-0.15, -0.1) is 0 Å². The van der Waals surface area contributed by atoms with Gasteiger partial charge in [-0.1, -0.05) is 12.8 Å². The SMILES string of the molecule is N.NCCCCCCN. The monoisotopic (exact) mass is 133 g/mol. The van der Waals surface area contributed by atoms with Crippen molar-refractivity contribution in [3.63, 3.8) is 0 Å². The Morgan fingerprint density at radius 2 is 1.00 bits per heavy atom. The van der Waals surface area contributed by atoms with E-state index in [1.165, 1.54) is 12.8 Å². The average molecular weight is 133 g/mol. The number of unbranched alkanes of at least 4 members (excludes halogenated alkanes) is 3. The Balaban J connectivity index is 0. The molecule has 0 aromatic rings. The lowest BCUT2D eigenvalue weighted by Gasteiger charge is -1.94. The molecular weight excluding hydrogens is 114 g/mol. The fourth-order valence-corrected chi connectivity index (χ4v) is 0.642. The van der Waals surface area contributed by atoms with Crippen LogP contribution in [-0.2, 0) is 0 Å². The van der Waals surface area contributed by atoms with E-state index in [-0.39, 0.29) is 6.15 Å². The topological polar surface area (TPSA) is 87.0 Å². The van der Waals surface area contributed by atoms with Gasteiger partial charge in [-0.25, -0.2) is 0 Å². The summed E-state index contributed by atoms with van der Waals surface area (Å²) in [5.74, 6) is 0. The molecule has 0 aliphatic rings. The predicted octanol–water partition coefficient (Wildman–Crippen LogP) is 0.626. The summed E-state index contributed by atoms with van der Waals surface area (Å²) in [6.07, 6.45) is 4.79. The van der Waals surface area contributed by atoms with Crippen molar-refractivity contribution in [2.75, 3.05) is 13.1 Å². The molecule has 0 aliphatic heterocycles. The van der Waals surface area contributed by atoms with E-state index in [4.69, 9.17) is 11.5 Å². The summed E-state index contributed by atoms with van der Waals surface area (Å²) >= 11 is 0. The third-order valence-electron chi connectivity index (χ3n) is 1.16. The van der Waals surface area contributed by atoms with Crippen LogP contribution in [0.2, 0.25) is 0 Å². The van der Waals surface area contributed by atoms with Crippen LogP contribution < -0.4 is 17.6 Å². The van der Waals surface area contributed by atoms with E-state index >= 15 is 0 Å². The molecule has 0 saturated carbocycles. The Morgan fingerprint density at radius 3 is 1.22 bits per heavy atom. The van der Waals surface area contributed by atoms with E-state index in [2.05, 4.69) is 0 Å². The maximum absolute atomic E-state index is 5.28. The molecule has 3 nitrogen and oxygen atoms in total. The number of hydrogen-bond acceptors (Lipinski definition) is 3. The first-order valence-corrected chi connectivity index (χ1v) is 3.32. The molecule has 3 heteroatoms. The molecule has 0 aromatic carbocycles. The Morgan fingerprint density at radius 1 is 0.667 bits per heavy atom. The zero-order valence-corrected chi connectivity index (χ0v) is 6.10. The Kier molecular flexibility index (Phi) is 14.0. The molecule has 0 unspecified atom stereocenters. The van der Waals surface area contributed by atoms with Crippen molar-refractivity contribution in [2.45, 2.75) is 25.7 Å². The molecular formula is C6H19N3. The van der Waals surface area contributed by atoms with Crippen LogP contribution in [0.4, 0.5) is 0 Å². The molecule has 0 atom stereocenters. The largest absolute Gasteiger partial charge is 0.344 e. The molecule has 0 fully saturated rings. The van der Waals surface area contributed by atoms with Gasteiger partial charge in [-0.3, -0.25) is 0 Å². The first-order valence-electron chi connectivity index (χ1n) is 3.32. The summed E-state index contributed by atoms with van der Waals surface area (Å²) < 4.78 is 0. The normalized spacial score (nSPS) is 8.67. The lowest BCUT2D eigenvalue weighted by atomic mass is 10.2. The highest BCUT2D eigenvalue weighted by Crippen LogP contribution is 1.95. The van der Waals surface area contributed by atoms with Gasteiger partial charge in [-0.05, 0) is 25.9 Å². The van der Waals surface area contributed by atoms with Crippen molar-refractivity contribution < 1.29 is 0 Å². The minimum Gasteiger partial charge on any atom is -0.344 e. The van der Waals surface area contributed by atoms with Gasteiger partial charge >= 0.3 is 0 Å². The van der Waals surface area contributed by atoms with Crippen LogP contribution in [0.5, 0.6) is 0 Å². The molecule has 7 N–H and O–H groups in total. The van der Waals surface area contributed by atoms with Gasteiger partial charge < -0.3 is 17.6 Å². The van der Waals surface area contributed by atoms with E-state index < -0.39 is 0 Å². The summed E-state index contributed by atoms with van der Waals surface area (Å²) in [6, 6.07) is 0. The molecule has 0 aliphatic carbocycles. The molecule has 0 aromatic heterocycles. The zero-order chi connectivity index (χ0) is 6.24. The molecule has 0 heterocycles. The maximum atomic E-state index is 5.28. The molecule has 0 saturated heterocycles. The summed E-state index contributed by atoms with van der Waals surface area (Å²) in [5, 5.41) is 0. The fourth-order valence-electron chi connectivity index (χ4n) is 0.642. The van der Waals surface area contributed by atoms with Crippen LogP contribution in [0.1, 0.15) is 25.7 Å². The molecule has 0 amide bonds. The second kappa shape index (κ2) is 10.8. The van der Waals surface area contributed by atoms with Gasteiger partial charge in [-0.2, -0.15) is 0 Å². The van der Waals surface area contributed by atoms with Crippen molar-refractivity contribution in [2.24, 2.45) is 11.5 Å². The van der Waals surface area contributed by atoms with E-state index in [0.717, 1.165) is 25.9 Å². The molecule has 58 valence electrons. The summed E-state index contributed by atoms with van der Waals surface area (Å²) in [4.78, 5) is 0. The predicted molar refractivity (Wildman–Crippen MR) is 41.6 cm³/mol. The third-order valence-corrected chi connectivity index (χ3v) is 1.16. The summed E-state index contributed by atoms with van der Waals surface area (Å²) in [7, 11) is 0. The van der Waals surface area contributed by atoms with Crippen molar-refractivity contribution in [3.8, 4) is 0 Å². The highest BCUT2D eigenvalue weighted by molar-refractivity contribution is 4.43. The maximum Gasteiger partial charge on any atom is -0.00773 e. The average Bonchev–Trinajstić information content (AvgIpc) is 1.81. The van der Waals surface area contributed by atoms with E-state index in [0.29, 0.717) is 0 Å². The fraction of sp³-hybridized carbons (Fsp3) is 1.00. The highest BCUT2D eigenvalue weighted by atomic mass is 14.5. The van der Waals surface area contributed by atoms with Crippen molar-refractivity contribution in [1.29, 1.82) is 0 Å². The molecule has 0 radical (unpaired) electrons. The summed E-state index contributed by atoms with van der Waals surface area (Å²) in [5.41, 5.74) is 10.6. The lowest BCUT2D eigenvalue weighted by molar-refractivity contribution is 0.653. The van der Waals surface area contributed by atoms with Crippen LogP contribution in [0.3, 0.4) is 0 Å². The van der Waals surface area contributed by atoms with Gasteiger partial charge in [0.2, 0.25) is 0 Å². The first-order chi connectivity index (χ1) is 3.91. The van der Waals surface area contributed by atoms with Crippen molar-refractivity contribution in [3.05, 3.63) is 0 Å². The zero-order valence-electron chi connectivity index (χ0n) is 6.10. The van der Waals surface area contributed by atoms with Crippen LogP contribution in [0.15, 0.2) is 0 Å². The minimum absolute atomic E-state index is 0. The van der Waals surface area contributed by atoms with Gasteiger partial charge in [0.25, 0.3) is 0 Å². The van der Waals surface area contributed by atoms with Crippen LogP contribution in [0.25, 0.3) is 0 Å². The third kappa shape index (κ3) is 11.4. The molecule has 9 heavy (non-hydrogen) atoms. The van der Waals surface area contributed by atoms with Gasteiger partial charge in [0.1, 0.15) is 0 Å². The Hall–Kier alpha value is -0.120. The van der Waals surface area contributed by atoms with E-state index in [1.54, 1.807) is 0 Å². The number of nitrogens with two attached hydrogens (primary N) is 2. The van der Waals surface area contributed by atoms with Crippen molar-refractivity contribution in [1.82, 2.24) is 6.15 Å². The second-order valence-electron chi connectivity index (χ2n) is 1.99. The summed E-state index contributed by atoms with van der Waals surface area (Å²) in [6.45, 7) is 1.65. The Bertz CT molecular complexity index is 33.3. The molecule has 0 bridgehead atoms. The molecule has 0 spiro atoms. The van der Waals surface area contributed by atoms with Gasteiger partial charge in [0.05, 0.1) is 0 Å². The minimum atomic E-state index is 0. The van der Waals surface area contributed by atoms with Crippen molar-refractivity contribution >= 4 is 0 Å². The van der Waals surface area contributed by atoms with Crippen LogP contribution in [0, 0.1) is 0 Å². The lowest BCUT2D eigenvalue weighted by Crippen LogP contribution is -2.00. The number of hydrogen-bond donors (Lipinski definition) is 3. The van der Waals surface area contributed by atoms with Crippen LogP contribution >= 0.6 is 0 Å². The van der Waals surface area contributed by atoms with Gasteiger partial charge in [0, 0.05) is 0 Å². The second-order valence-corrected chi connectivity index (χ2v) is 1.99. The van der Waals surface area contributed by atoms with Crippen LogP contribution in [-0.4, -0.2) is 13.1 Å². The van der Waals surface area contributed by atoms with Gasteiger partial charge in [0.15, 0.2) is 0 Å². The molecule has 0 rings (SSSR count). The Labute approximate surface area is 57.4 Å². The quantitative estimate of drug-likeness (QED) is 0.480. The van der Waals surface area contributed by atoms with E-state index in [1.807, 2.05) is 0 Å². The first kappa shape index (κ1) is 11.6. The smallest absolute Gasteiger partial charge is 0.00773 e. The highest BCUT2D eigenvalue weighted by Gasteiger charge is 1.83. The number of rotatable bonds is 5. The van der Waals surface area contributed by atoms with E-state index in [9.17, 15) is 0 Å².